The number of carbonyl (C=O) groups is 1. The van der Waals surface area contributed by atoms with Gasteiger partial charge in [0.1, 0.15) is 4.21 Å². The first kappa shape index (κ1) is 22.4. The van der Waals surface area contributed by atoms with Gasteiger partial charge >= 0.3 is 6.03 Å². The normalized spacial score (nSPS) is 18.0. The number of aliphatic hydroxyl groups is 1. The molecule has 4 rings (SSSR count). The monoisotopic (exact) mass is 462 g/mol. The minimum Gasteiger partial charge on any atom is -0.386 e. The molecule has 0 radical (unpaired) electrons. The number of pyridine rings is 1. The molecule has 0 unspecified atom stereocenters. The predicted molar refractivity (Wildman–Crippen MR) is 124 cm³/mol. The topological polar surface area (TPSA) is 118 Å². The van der Waals surface area contributed by atoms with E-state index in [4.69, 9.17) is 10.1 Å². The lowest BCUT2D eigenvalue weighted by Crippen LogP contribution is -2.19. The maximum atomic E-state index is 13.0. The molecule has 2 aliphatic rings. The zero-order chi connectivity index (χ0) is 22.6. The highest BCUT2D eigenvalue weighted by molar-refractivity contribution is 7.93. The van der Waals surface area contributed by atoms with Crippen LogP contribution in [0.1, 0.15) is 86.9 Å². The molecule has 2 aromatic heterocycles. The van der Waals surface area contributed by atoms with Gasteiger partial charge in [0.2, 0.25) is 0 Å². The smallest absolute Gasteiger partial charge is 0.354 e. The SMILES string of the molecule is CC(C)c1c(C2CC2)nc2c(c1NC(=O)N=[S@@](N)(=O)c1cc(C(C)(C)O)cs1)CCC2. The van der Waals surface area contributed by atoms with Gasteiger partial charge in [0, 0.05) is 22.9 Å². The maximum absolute atomic E-state index is 13.0. The molecule has 0 aromatic carbocycles. The van der Waals surface area contributed by atoms with Crippen LogP contribution in [-0.2, 0) is 28.4 Å². The Morgan fingerprint density at radius 2 is 2.10 bits per heavy atom. The number of anilines is 1. The summed E-state index contributed by atoms with van der Waals surface area (Å²) in [6.07, 6.45) is 5.04. The van der Waals surface area contributed by atoms with Crippen LogP contribution in [-0.4, -0.2) is 20.3 Å². The summed E-state index contributed by atoms with van der Waals surface area (Å²) in [5, 5.41) is 20.7. The van der Waals surface area contributed by atoms with Crippen molar-refractivity contribution in [2.24, 2.45) is 9.50 Å². The van der Waals surface area contributed by atoms with E-state index in [0.717, 1.165) is 71.6 Å². The first-order valence-corrected chi connectivity index (χ1v) is 13.2. The van der Waals surface area contributed by atoms with E-state index >= 15 is 0 Å². The first-order valence-electron chi connectivity index (χ1n) is 10.7. The second-order valence-electron chi connectivity index (χ2n) is 9.30. The fourth-order valence-electron chi connectivity index (χ4n) is 4.10. The zero-order valence-electron chi connectivity index (χ0n) is 18.4. The summed E-state index contributed by atoms with van der Waals surface area (Å²) < 4.78 is 17.1. The predicted octanol–water partition coefficient (Wildman–Crippen LogP) is 4.79. The van der Waals surface area contributed by atoms with Gasteiger partial charge in [-0.1, -0.05) is 13.8 Å². The molecule has 0 aliphatic heterocycles. The van der Waals surface area contributed by atoms with E-state index in [1.54, 1.807) is 25.3 Å². The minimum atomic E-state index is -3.43. The third kappa shape index (κ3) is 4.55. The third-order valence-corrected chi connectivity index (χ3v) is 8.71. The summed E-state index contributed by atoms with van der Waals surface area (Å²) in [4.78, 5) is 17.8. The van der Waals surface area contributed by atoms with E-state index in [1.807, 2.05) is 0 Å². The molecule has 2 amide bonds. The van der Waals surface area contributed by atoms with Crippen LogP contribution in [0.5, 0.6) is 0 Å². The summed E-state index contributed by atoms with van der Waals surface area (Å²) in [5.74, 6) is 0.652. The van der Waals surface area contributed by atoms with E-state index in [2.05, 4.69) is 23.5 Å². The number of aryl methyl sites for hydroxylation is 1. The molecular weight excluding hydrogens is 432 g/mol. The molecular formula is C22H30N4O3S2. The highest BCUT2D eigenvalue weighted by Crippen LogP contribution is 2.47. The molecule has 7 nitrogen and oxygen atoms in total. The Labute approximate surface area is 187 Å². The summed E-state index contributed by atoms with van der Waals surface area (Å²) in [6.45, 7) is 7.48. The number of nitrogens with two attached hydrogens (primary N) is 1. The van der Waals surface area contributed by atoms with E-state index in [-0.39, 0.29) is 10.1 Å². The van der Waals surface area contributed by atoms with E-state index in [1.165, 1.54) is 0 Å². The number of fused-ring (bicyclic) bond motifs is 1. The molecule has 1 fully saturated rings. The molecule has 0 spiro atoms. The number of urea groups is 1. The lowest BCUT2D eigenvalue weighted by Gasteiger charge is -2.21. The molecule has 1 atom stereocenters. The van der Waals surface area contributed by atoms with Crippen molar-refractivity contribution in [1.82, 2.24) is 4.98 Å². The van der Waals surface area contributed by atoms with Crippen LogP contribution in [0.15, 0.2) is 20.0 Å². The second-order valence-corrected chi connectivity index (χ2v) is 12.2. The fraction of sp³-hybridized carbons (Fsp3) is 0.545. The highest BCUT2D eigenvalue weighted by atomic mass is 32.2. The Hall–Kier alpha value is -1.81. The number of nitrogens with one attached hydrogen (secondary N) is 1. The van der Waals surface area contributed by atoms with Gasteiger partial charge in [0.05, 0.1) is 11.3 Å². The van der Waals surface area contributed by atoms with Gasteiger partial charge in [-0.3, -0.25) is 4.98 Å². The Kier molecular flexibility index (Phi) is 5.74. The van der Waals surface area contributed by atoms with Gasteiger partial charge in [-0.2, -0.15) is 0 Å². The van der Waals surface area contributed by atoms with E-state index < -0.39 is 21.5 Å². The molecule has 168 valence electrons. The van der Waals surface area contributed by atoms with Crippen molar-refractivity contribution in [3.63, 3.8) is 0 Å². The first-order chi connectivity index (χ1) is 14.5. The van der Waals surface area contributed by atoms with Gasteiger partial charge in [-0.05, 0) is 74.4 Å². The van der Waals surface area contributed by atoms with Crippen LogP contribution in [0.25, 0.3) is 0 Å². The Bertz CT molecular complexity index is 1150. The minimum absolute atomic E-state index is 0.193. The second kappa shape index (κ2) is 7.95. The van der Waals surface area contributed by atoms with Crippen LogP contribution >= 0.6 is 11.3 Å². The number of nitrogens with zero attached hydrogens (tertiary/aromatic N) is 2. The number of hydrogen-bond donors (Lipinski definition) is 3. The van der Waals surface area contributed by atoms with Crippen LogP contribution < -0.4 is 10.5 Å². The van der Waals surface area contributed by atoms with Crippen molar-refractivity contribution < 1.29 is 14.1 Å². The van der Waals surface area contributed by atoms with Crippen molar-refractivity contribution in [3.8, 4) is 0 Å². The molecule has 31 heavy (non-hydrogen) atoms. The summed E-state index contributed by atoms with van der Waals surface area (Å²) in [6, 6.07) is 0.841. The van der Waals surface area contributed by atoms with Gasteiger partial charge in [0.15, 0.2) is 9.92 Å². The summed E-state index contributed by atoms with van der Waals surface area (Å²) in [5.41, 5.74) is 4.57. The number of aromatic nitrogens is 1. The molecule has 2 aliphatic carbocycles. The average Bonchev–Trinajstić information content (AvgIpc) is 3.15. The number of thiophene rings is 1. The zero-order valence-corrected chi connectivity index (χ0v) is 20.0. The number of hydrogen-bond acceptors (Lipinski definition) is 5. The number of rotatable bonds is 5. The maximum Gasteiger partial charge on any atom is 0.354 e. The van der Waals surface area contributed by atoms with Crippen molar-refractivity contribution in [1.29, 1.82) is 0 Å². The van der Waals surface area contributed by atoms with Gasteiger partial charge in [-0.15, -0.1) is 15.7 Å². The molecule has 2 aromatic rings. The van der Waals surface area contributed by atoms with Gasteiger partial charge in [-0.25, -0.2) is 14.1 Å². The molecule has 4 N–H and O–H groups in total. The lowest BCUT2D eigenvalue weighted by molar-refractivity contribution is 0.0789. The van der Waals surface area contributed by atoms with Crippen molar-refractivity contribution in [2.75, 3.05) is 5.32 Å². The van der Waals surface area contributed by atoms with Gasteiger partial charge in [0.25, 0.3) is 0 Å². The largest absolute Gasteiger partial charge is 0.386 e. The molecule has 0 saturated heterocycles. The fourth-order valence-corrected chi connectivity index (χ4v) is 6.38. The van der Waals surface area contributed by atoms with Crippen LogP contribution in [0.2, 0.25) is 0 Å². The summed E-state index contributed by atoms with van der Waals surface area (Å²) in [7, 11) is -3.43. The Morgan fingerprint density at radius 1 is 1.39 bits per heavy atom. The lowest BCUT2D eigenvalue weighted by atomic mass is 9.93. The van der Waals surface area contributed by atoms with E-state index in [9.17, 15) is 14.1 Å². The molecule has 9 heteroatoms. The average molecular weight is 463 g/mol. The molecule has 1 saturated carbocycles. The van der Waals surface area contributed by atoms with Crippen molar-refractivity contribution in [3.05, 3.63) is 39.5 Å². The van der Waals surface area contributed by atoms with E-state index in [0.29, 0.717) is 11.5 Å². The number of carbonyl (C=O) groups excluding carboxylic acids is 1. The third-order valence-electron chi connectivity index (χ3n) is 5.85. The highest BCUT2D eigenvalue weighted by Gasteiger charge is 2.33. The van der Waals surface area contributed by atoms with Crippen LogP contribution in [0.3, 0.4) is 0 Å². The quantitative estimate of drug-likeness (QED) is 0.592. The number of amides is 2. The van der Waals surface area contributed by atoms with Gasteiger partial charge < -0.3 is 10.4 Å². The van der Waals surface area contributed by atoms with Crippen LogP contribution in [0.4, 0.5) is 10.5 Å². The molecule has 0 bridgehead atoms. The Balaban J connectivity index is 1.70. The van der Waals surface area contributed by atoms with Crippen molar-refractivity contribution >= 4 is 33.0 Å². The Morgan fingerprint density at radius 3 is 2.68 bits per heavy atom. The standard InChI is InChI=1S/C22H30N4O3S2/c1-12(2)18-19(13-8-9-13)24-16-7-5-6-15(16)20(18)25-21(27)26-31(23,29)17-10-14(11-30-17)22(3,4)28/h10-13,28H,5-9H2,1-4H3,(H3,23,24,25,26,27,29)/t31-/m1/s1. The van der Waals surface area contributed by atoms with Crippen molar-refractivity contribution in [2.45, 2.75) is 81.4 Å². The van der Waals surface area contributed by atoms with Crippen LogP contribution in [0, 0.1) is 0 Å². The summed E-state index contributed by atoms with van der Waals surface area (Å²) >= 11 is 1.13. The molecule has 2 heterocycles.